The molecule has 0 heterocycles. The van der Waals surface area contributed by atoms with Gasteiger partial charge in [-0.15, -0.1) is 26.3 Å². The zero-order valence-electron chi connectivity index (χ0n) is 21.1. The molecule has 43 heavy (non-hydrogen) atoms. The molecule has 0 amide bonds. The molecule has 0 atom stereocenters. The van der Waals surface area contributed by atoms with Crippen molar-refractivity contribution >= 4 is 158 Å². The molecule has 4 aromatic rings. The Morgan fingerprint density at radius 3 is 1.30 bits per heavy atom. The molecule has 0 aliphatic rings. The van der Waals surface area contributed by atoms with Gasteiger partial charge in [0.2, 0.25) is 0 Å². The highest BCUT2D eigenvalue weighted by Crippen LogP contribution is 2.42. The minimum absolute atomic E-state index is 0.229. The zero-order valence-corrected chi connectivity index (χ0v) is 36.2. The standard InChI is InChI=1S/C28H13F6I7O2/c1-11-6-12(8-16(35)21(11)14-2-4-19(25(40)23(14)38)42-27(29,30)31)7-13-9-17(36)22(18(37)10-13)15-3-5-20(26(41)24(15)39)43-28(32,33)34/h2-6,8-10H,7H2,1H3. The van der Waals surface area contributed by atoms with Crippen molar-refractivity contribution in [2.45, 2.75) is 26.1 Å². The Morgan fingerprint density at radius 1 is 0.535 bits per heavy atom. The third-order valence-corrected chi connectivity index (χ3v) is 14.9. The first-order valence-electron chi connectivity index (χ1n) is 11.6. The lowest BCUT2D eigenvalue weighted by Crippen LogP contribution is -2.18. The quantitative estimate of drug-likeness (QED) is 0.141. The van der Waals surface area contributed by atoms with E-state index in [1.807, 2.05) is 52.1 Å². The second-order valence-corrected chi connectivity index (χ2v) is 16.8. The van der Waals surface area contributed by atoms with Crippen LogP contribution in [0, 0.1) is 31.9 Å². The molecule has 0 saturated heterocycles. The Balaban J connectivity index is 1.65. The fraction of sp³-hybridized carbons (Fsp3) is 0.143. The van der Waals surface area contributed by atoms with Gasteiger partial charge in [0.15, 0.2) is 0 Å². The Bertz CT molecular complexity index is 1550. The van der Waals surface area contributed by atoms with Crippen LogP contribution in [0.2, 0.25) is 0 Å². The molecule has 15 heteroatoms. The smallest absolute Gasteiger partial charge is 0.405 e. The first kappa shape index (κ1) is 37.0. The zero-order chi connectivity index (χ0) is 32.0. The molecule has 0 aliphatic carbocycles. The number of hydrogen-bond donors (Lipinski definition) is 0. The summed E-state index contributed by atoms with van der Waals surface area (Å²) in [5.41, 5.74) is 6.68. The van der Waals surface area contributed by atoms with Crippen molar-refractivity contribution < 1.29 is 35.8 Å². The molecule has 228 valence electrons. The van der Waals surface area contributed by atoms with Gasteiger partial charge >= 0.3 is 12.7 Å². The summed E-state index contributed by atoms with van der Waals surface area (Å²) in [4.78, 5) is 0. The Hall–Kier alpha value is 1.17. The van der Waals surface area contributed by atoms with Crippen molar-refractivity contribution in [1.29, 1.82) is 0 Å². The predicted molar refractivity (Wildman–Crippen MR) is 214 cm³/mol. The first-order valence-corrected chi connectivity index (χ1v) is 19.2. The van der Waals surface area contributed by atoms with E-state index in [-0.39, 0.29) is 11.5 Å². The summed E-state index contributed by atoms with van der Waals surface area (Å²) >= 11 is 14.6. The van der Waals surface area contributed by atoms with Gasteiger partial charge in [0.1, 0.15) is 11.5 Å². The summed E-state index contributed by atoms with van der Waals surface area (Å²) in [7, 11) is 0. The summed E-state index contributed by atoms with van der Waals surface area (Å²) in [6.07, 6.45) is -8.89. The topological polar surface area (TPSA) is 18.5 Å². The average Bonchev–Trinajstić information content (AvgIpc) is 2.85. The van der Waals surface area contributed by atoms with Crippen LogP contribution in [-0.2, 0) is 6.42 Å². The molecule has 0 unspecified atom stereocenters. The molecular weight excluding hydrogens is 1370 g/mol. The SMILES string of the molecule is Cc1cc(Cc2cc(I)c(-c3ccc(OC(F)(F)F)c(I)c3I)c(I)c2)cc(I)c1-c1ccc(OC(F)(F)F)c(I)c1I. The molecule has 0 radical (unpaired) electrons. The van der Waals surface area contributed by atoms with E-state index in [1.165, 1.54) is 12.1 Å². The van der Waals surface area contributed by atoms with Crippen molar-refractivity contribution in [1.82, 2.24) is 0 Å². The van der Waals surface area contributed by atoms with Gasteiger partial charge in [-0.05, 0) is 247 Å². The molecule has 4 aromatic carbocycles. The molecule has 4 rings (SSSR count). The normalized spacial score (nSPS) is 12.0. The summed E-state index contributed by atoms with van der Waals surface area (Å²) in [5, 5.41) is 0. The van der Waals surface area contributed by atoms with Crippen molar-refractivity contribution in [3.8, 4) is 33.8 Å². The molecule has 0 spiro atoms. The molecule has 0 fully saturated rings. The van der Waals surface area contributed by atoms with Gasteiger partial charge in [0.05, 0.1) is 7.14 Å². The lowest BCUT2D eigenvalue weighted by Gasteiger charge is -2.18. The lowest BCUT2D eigenvalue weighted by atomic mass is 9.95. The van der Waals surface area contributed by atoms with E-state index in [9.17, 15) is 26.3 Å². The highest BCUT2D eigenvalue weighted by Gasteiger charge is 2.33. The van der Waals surface area contributed by atoms with E-state index in [0.717, 1.165) is 49.7 Å². The molecule has 0 aliphatic heterocycles. The van der Waals surface area contributed by atoms with Gasteiger partial charge < -0.3 is 9.47 Å². The number of rotatable bonds is 6. The molecule has 0 saturated carbocycles. The van der Waals surface area contributed by atoms with Gasteiger partial charge in [-0.1, -0.05) is 6.07 Å². The van der Waals surface area contributed by atoms with Gasteiger partial charge in [-0.2, -0.15) is 0 Å². The van der Waals surface area contributed by atoms with E-state index in [2.05, 4.69) is 147 Å². The molecule has 0 aromatic heterocycles. The van der Waals surface area contributed by atoms with Gasteiger partial charge in [0.25, 0.3) is 0 Å². The summed E-state index contributed by atoms with van der Waals surface area (Å²) in [5.74, 6) is -0.459. The van der Waals surface area contributed by atoms with Crippen LogP contribution in [0.25, 0.3) is 22.3 Å². The van der Waals surface area contributed by atoms with Crippen molar-refractivity contribution in [2.75, 3.05) is 0 Å². The summed E-state index contributed by atoms with van der Waals surface area (Å²) in [6.45, 7) is 1.98. The van der Waals surface area contributed by atoms with Gasteiger partial charge in [0, 0.05) is 23.4 Å². The Morgan fingerprint density at radius 2 is 0.907 bits per heavy atom. The second kappa shape index (κ2) is 14.7. The fourth-order valence-electron chi connectivity index (χ4n) is 4.34. The van der Waals surface area contributed by atoms with Crippen LogP contribution in [-0.4, -0.2) is 12.7 Å². The number of benzene rings is 4. The Labute approximate surface area is 338 Å². The van der Waals surface area contributed by atoms with Crippen LogP contribution in [0.15, 0.2) is 48.5 Å². The van der Waals surface area contributed by atoms with Gasteiger partial charge in [-0.3, -0.25) is 0 Å². The van der Waals surface area contributed by atoms with E-state index < -0.39 is 12.7 Å². The van der Waals surface area contributed by atoms with E-state index in [1.54, 1.807) is 12.1 Å². The van der Waals surface area contributed by atoms with Crippen molar-refractivity contribution in [2.24, 2.45) is 0 Å². The number of aryl methyl sites for hydroxylation is 1. The van der Waals surface area contributed by atoms with Crippen LogP contribution in [0.1, 0.15) is 16.7 Å². The lowest BCUT2D eigenvalue weighted by molar-refractivity contribution is -0.276. The van der Waals surface area contributed by atoms with E-state index >= 15 is 0 Å². The number of halogens is 13. The van der Waals surface area contributed by atoms with Crippen LogP contribution >= 0.6 is 158 Å². The minimum Gasteiger partial charge on any atom is -0.405 e. The van der Waals surface area contributed by atoms with Crippen LogP contribution in [0.5, 0.6) is 11.5 Å². The largest absolute Gasteiger partial charge is 0.573 e. The van der Waals surface area contributed by atoms with Crippen molar-refractivity contribution in [3.63, 3.8) is 0 Å². The third-order valence-electron chi connectivity index (χ3n) is 5.94. The molecule has 2 nitrogen and oxygen atoms in total. The van der Waals surface area contributed by atoms with Crippen LogP contribution < -0.4 is 9.47 Å². The Kier molecular flexibility index (Phi) is 12.7. The van der Waals surface area contributed by atoms with E-state index in [0.29, 0.717) is 20.7 Å². The highest BCUT2D eigenvalue weighted by atomic mass is 127. The maximum atomic E-state index is 12.8. The fourth-order valence-corrected chi connectivity index (χ4v) is 10.5. The molecular formula is C28H13F6I7O2. The summed E-state index contributed by atoms with van der Waals surface area (Å²) < 4.78 is 90.3. The monoisotopic (exact) mass is 1380 g/mol. The molecule has 0 N–H and O–H groups in total. The minimum atomic E-state index is -4.77. The number of alkyl halides is 6. The van der Waals surface area contributed by atoms with E-state index in [4.69, 9.17) is 0 Å². The van der Waals surface area contributed by atoms with Gasteiger partial charge in [-0.25, -0.2) is 0 Å². The van der Waals surface area contributed by atoms with Crippen molar-refractivity contribution in [3.05, 3.63) is 90.2 Å². The number of hydrogen-bond acceptors (Lipinski definition) is 2. The highest BCUT2D eigenvalue weighted by molar-refractivity contribution is 14.1. The predicted octanol–water partition coefficient (Wildman–Crippen LogP) is 12.9. The number of ether oxygens (including phenoxy) is 2. The maximum absolute atomic E-state index is 12.8. The second-order valence-electron chi connectivity index (χ2n) is 8.95. The third kappa shape index (κ3) is 9.20. The maximum Gasteiger partial charge on any atom is 0.573 e. The summed E-state index contributed by atoms with van der Waals surface area (Å²) in [6, 6.07) is 14.3. The van der Waals surface area contributed by atoms with Crippen LogP contribution in [0.4, 0.5) is 26.3 Å². The first-order chi connectivity index (χ1) is 19.9. The average molecular weight is 1380 g/mol. The van der Waals surface area contributed by atoms with Crippen LogP contribution in [0.3, 0.4) is 0 Å². The molecule has 0 bridgehead atoms.